The average Bonchev–Trinajstić information content (AvgIpc) is 2.18. The number of carbonyl (C=O) groups is 1. The molecule has 0 bridgehead atoms. The fraction of sp³-hybridized carbons (Fsp3) is 0.500. The van der Waals surface area contributed by atoms with Gasteiger partial charge in [-0.05, 0) is 25.0 Å². The average molecular weight is 207 g/mol. The first-order valence-electron chi connectivity index (χ1n) is 5.14. The van der Waals surface area contributed by atoms with Gasteiger partial charge in [0.05, 0.1) is 12.3 Å². The molecule has 1 aromatic heterocycles. The Balaban J connectivity index is 2.68. The van der Waals surface area contributed by atoms with Crippen molar-refractivity contribution in [2.24, 2.45) is 5.92 Å². The van der Waals surface area contributed by atoms with Crippen molar-refractivity contribution in [3.05, 3.63) is 24.0 Å². The van der Waals surface area contributed by atoms with Crippen LogP contribution in [0.25, 0.3) is 0 Å². The third-order valence-corrected chi connectivity index (χ3v) is 2.36. The first-order valence-corrected chi connectivity index (χ1v) is 5.14. The third kappa shape index (κ3) is 3.35. The number of Topliss-reactive ketones (excluding diaryl/α,β-unsaturated/α-hetero) is 1. The maximum atomic E-state index is 11.0. The number of ketones is 1. The van der Waals surface area contributed by atoms with E-state index in [0.29, 0.717) is 17.4 Å². The molecule has 0 aliphatic rings. The van der Waals surface area contributed by atoms with Crippen molar-refractivity contribution in [3.8, 4) is 5.75 Å². The Kier molecular flexibility index (Phi) is 3.83. The van der Waals surface area contributed by atoms with E-state index in [1.807, 2.05) is 6.92 Å². The first kappa shape index (κ1) is 11.7. The third-order valence-electron chi connectivity index (χ3n) is 2.36. The minimum atomic E-state index is -0.0292. The summed E-state index contributed by atoms with van der Waals surface area (Å²) in [4.78, 5) is 15.0. The van der Waals surface area contributed by atoms with Gasteiger partial charge < -0.3 is 4.74 Å². The Morgan fingerprint density at radius 1 is 1.33 bits per heavy atom. The number of rotatable bonds is 4. The van der Waals surface area contributed by atoms with Crippen LogP contribution in [0.3, 0.4) is 0 Å². The van der Waals surface area contributed by atoms with Gasteiger partial charge in [0, 0.05) is 6.92 Å². The van der Waals surface area contributed by atoms with Crippen molar-refractivity contribution >= 4 is 5.78 Å². The van der Waals surface area contributed by atoms with Crippen LogP contribution in [0.15, 0.2) is 18.3 Å². The molecule has 0 aliphatic heterocycles. The molecule has 0 aliphatic carbocycles. The van der Waals surface area contributed by atoms with Crippen LogP contribution in [0, 0.1) is 5.92 Å². The van der Waals surface area contributed by atoms with Gasteiger partial charge >= 0.3 is 0 Å². The highest BCUT2D eigenvalue weighted by molar-refractivity contribution is 5.92. The predicted octanol–water partition coefficient (Wildman–Crippen LogP) is 2.71. The fourth-order valence-corrected chi connectivity index (χ4v) is 1.01. The maximum Gasteiger partial charge on any atom is 0.178 e. The number of hydrogen-bond donors (Lipinski definition) is 0. The van der Waals surface area contributed by atoms with Crippen LogP contribution in [-0.2, 0) is 0 Å². The molecule has 3 nitrogen and oxygen atoms in total. The van der Waals surface area contributed by atoms with Gasteiger partial charge in [0.1, 0.15) is 11.4 Å². The fourth-order valence-electron chi connectivity index (χ4n) is 1.01. The summed E-state index contributed by atoms with van der Waals surface area (Å²) in [7, 11) is 0. The second kappa shape index (κ2) is 4.91. The summed E-state index contributed by atoms with van der Waals surface area (Å²) < 4.78 is 5.64. The van der Waals surface area contributed by atoms with E-state index in [4.69, 9.17) is 4.74 Å². The quantitative estimate of drug-likeness (QED) is 0.712. The van der Waals surface area contributed by atoms with E-state index in [0.717, 1.165) is 0 Å². The molecule has 1 heterocycles. The predicted molar refractivity (Wildman–Crippen MR) is 59.2 cm³/mol. The summed E-state index contributed by atoms with van der Waals surface area (Å²) in [5.41, 5.74) is 0.472. The van der Waals surface area contributed by atoms with Crippen molar-refractivity contribution in [3.63, 3.8) is 0 Å². The first-order chi connectivity index (χ1) is 7.00. The Morgan fingerprint density at radius 3 is 2.40 bits per heavy atom. The Morgan fingerprint density at radius 2 is 2.00 bits per heavy atom. The molecule has 0 fully saturated rings. The minimum absolute atomic E-state index is 0.0292. The molecule has 15 heavy (non-hydrogen) atoms. The SMILES string of the molecule is CC(=O)c1ccc(OC(C)C(C)C)cn1. The number of nitrogens with zero attached hydrogens (tertiary/aromatic N) is 1. The summed E-state index contributed by atoms with van der Waals surface area (Å²) >= 11 is 0. The Labute approximate surface area is 90.5 Å². The van der Waals surface area contributed by atoms with Gasteiger partial charge in [0.2, 0.25) is 0 Å². The van der Waals surface area contributed by atoms with Crippen LogP contribution in [0.1, 0.15) is 38.2 Å². The highest BCUT2D eigenvalue weighted by atomic mass is 16.5. The lowest BCUT2D eigenvalue weighted by Crippen LogP contribution is -2.18. The Bertz CT molecular complexity index is 330. The molecular formula is C12H17NO2. The molecule has 0 saturated heterocycles. The van der Waals surface area contributed by atoms with Gasteiger partial charge in [0.25, 0.3) is 0 Å². The maximum absolute atomic E-state index is 11.0. The summed E-state index contributed by atoms with van der Waals surface area (Å²) in [6.07, 6.45) is 1.74. The molecule has 1 rings (SSSR count). The molecule has 0 spiro atoms. The van der Waals surface area contributed by atoms with E-state index in [-0.39, 0.29) is 11.9 Å². The standard InChI is InChI=1S/C12H17NO2/c1-8(2)10(4)15-11-5-6-12(9(3)14)13-7-11/h5-8,10H,1-4H3. The molecule has 1 atom stereocenters. The number of ether oxygens (including phenoxy) is 1. The zero-order valence-electron chi connectivity index (χ0n) is 9.65. The van der Waals surface area contributed by atoms with Gasteiger partial charge in [-0.3, -0.25) is 4.79 Å². The van der Waals surface area contributed by atoms with Crippen molar-refractivity contribution in [2.45, 2.75) is 33.8 Å². The van der Waals surface area contributed by atoms with E-state index in [2.05, 4.69) is 18.8 Å². The van der Waals surface area contributed by atoms with Gasteiger partial charge in [-0.2, -0.15) is 0 Å². The van der Waals surface area contributed by atoms with E-state index >= 15 is 0 Å². The second-order valence-corrected chi connectivity index (χ2v) is 4.00. The smallest absolute Gasteiger partial charge is 0.178 e. The van der Waals surface area contributed by atoms with Crippen molar-refractivity contribution < 1.29 is 9.53 Å². The number of aromatic nitrogens is 1. The largest absolute Gasteiger partial charge is 0.489 e. The monoisotopic (exact) mass is 207 g/mol. The van der Waals surface area contributed by atoms with Gasteiger partial charge in [0.15, 0.2) is 5.78 Å². The van der Waals surface area contributed by atoms with Crippen molar-refractivity contribution in [1.29, 1.82) is 0 Å². The zero-order valence-corrected chi connectivity index (χ0v) is 9.65. The highest BCUT2D eigenvalue weighted by Gasteiger charge is 2.09. The molecule has 0 N–H and O–H groups in total. The van der Waals surface area contributed by atoms with E-state index in [1.54, 1.807) is 18.3 Å². The van der Waals surface area contributed by atoms with Gasteiger partial charge in [-0.15, -0.1) is 0 Å². The summed E-state index contributed by atoms with van der Waals surface area (Å²) in [5, 5.41) is 0. The molecule has 82 valence electrons. The lowest BCUT2D eigenvalue weighted by molar-refractivity contribution is 0.101. The van der Waals surface area contributed by atoms with Crippen LogP contribution in [0.2, 0.25) is 0 Å². The number of hydrogen-bond acceptors (Lipinski definition) is 3. The Hall–Kier alpha value is -1.38. The van der Waals surface area contributed by atoms with Crippen LogP contribution < -0.4 is 4.74 Å². The van der Waals surface area contributed by atoms with Crippen LogP contribution in [0.5, 0.6) is 5.75 Å². The van der Waals surface area contributed by atoms with E-state index in [1.165, 1.54) is 6.92 Å². The normalized spacial score (nSPS) is 12.6. The molecule has 1 unspecified atom stereocenters. The summed E-state index contributed by atoms with van der Waals surface area (Å²) in [5.74, 6) is 1.14. The highest BCUT2D eigenvalue weighted by Crippen LogP contribution is 2.14. The number of pyridine rings is 1. The number of carbonyl (C=O) groups excluding carboxylic acids is 1. The lowest BCUT2D eigenvalue weighted by Gasteiger charge is -2.17. The zero-order chi connectivity index (χ0) is 11.4. The molecule has 0 aromatic carbocycles. The van der Waals surface area contributed by atoms with Gasteiger partial charge in [-0.25, -0.2) is 4.98 Å². The molecule has 3 heteroatoms. The van der Waals surface area contributed by atoms with Crippen LogP contribution >= 0.6 is 0 Å². The van der Waals surface area contributed by atoms with Gasteiger partial charge in [-0.1, -0.05) is 13.8 Å². The minimum Gasteiger partial charge on any atom is -0.489 e. The molecule has 0 radical (unpaired) electrons. The molecule has 0 amide bonds. The van der Waals surface area contributed by atoms with E-state index < -0.39 is 0 Å². The molecule has 1 aromatic rings. The van der Waals surface area contributed by atoms with E-state index in [9.17, 15) is 4.79 Å². The second-order valence-electron chi connectivity index (χ2n) is 4.00. The summed E-state index contributed by atoms with van der Waals surface area (Å²) in [6.45, 7) is 7.72. The lowest BCUT2D eigenvalue weighted by atomic mass is 10.1. The summed E-state index contributed by atoms with van der Waals surface area (Å²) in [6, 6.07) is 3.47. The van der Waals surface area contributed by atoms with Crippen molar-refractivity contribution in [1.82, 2.24) is 4.98 Å². The topological polar surface area (TPSA) is 39.2 Å². The molecular weight excluding hydrogens is 190 g/mol. The van der Waals surface area contributed by atoms with Crippen molar-refractivity contribution in [2.75, 3.05) is 0 Å². The molecule has 0 saturated carbocycles. The van der Waals surface area contributed by atoms with Crippen LogP contribution in [0.4, 0.5) is 0 Å². The van der Waals surface area contributed by atoms with Crippen LogP contribution in [-0.4, -0.2) is 16.9 Å².